The molecule has 34 heavy (non-hydrogen) atoms. The second-order valence-corrected chi connectivity index (χ2v) is 9.03. The lowest BCUT2D eigenvalue weighted by Crippen LogP contribution is -2.23. The van der Waals surface area contributed by atoms with Gasteiger partial charge in [0, 0.05) is 61.6 Å². The van der Waals surface area contributed by atoms with Gasteiger partial charge in [-0.2, -0.15) is 5.10 Å². The van der Waals surface area contributed by atoms with E-state index in [2.05, 4.69) is 5.10 Å². The van der Waals surface area contributed by atoms with Crippen LogP contribution in [0.5, 0.6) is 0 Å². The molecule has 4 aromatic rings. The summed E-state index contributed by atoms with van der Waals surface area (Å²) in [6.45, 7) is 1.15. The summed E-state index contributed by atoms with van der Waals surface area (Å²) in [6.07, 6.45) is 6.49. The van der Waals surface area contributed by atoms with Crippen molar-refractivity contribution in [2.24, 2.45) is 7.05 Å². The summed E-state index contributed by atoms with van der Waals surface area (Å²) in [7, 11) is 1.86. The number of halogens is 2. The van der Waals surface area contributed by atoms with Crippen molar-refractivity contribution in [3.05, 3.63) is 75.7 Å². The lowest BCUT2D eigenvalue weighted by atomic mass is 9.89. The van der Waals surface area contributed by atoms with Gasteiger partial charge in [0.05, 0.1) is 23.4 Å². The van der Waals surface area contributed by atoms with Gasteiger partial charge in [0.25, 0.3) is 5.56 Å². The summed E-state index contributed by atoms with van der Waals surface area (Å²) in [6, 6.07) is 5.21. The van der Waals surface area contributed by atoms with Gasteiger partial charge < -0.3 is 4.74 Å². The number of aromatic nitrogens is 5. The van der Waals surface area contributed by atoms with E-state index in [0.717, 1.165) is 24.5 Å². The Labute approximate surface area is 194 Å². The Balaban J connectivity index is 1.52. The molecule has 6 rings (SSSR count). The summed E-state index contributed by atoms with van der Waals surface area (Å²) < 4.78 is 37.9. The van der Waals surface area contributed by atoms with Crippen LogP contribution in [0.25, 0.3) is 22.2 Å². The number of rotatable bonds is 3. The normalized spacial score (nSPS) is 20.1. The van der Waals surface area contributed by atoms with Gasteiger partial charge in [-0.25, -0.2) is 13.8 Å². The molecule has 0 aliphatic carbocycles. The summed E-state index contributed by atoms with van der Waals surface area (Å²) in [5, 5.41) is 4.66. The molecule has 0 spiro atoms. The Bertz CT molecular complexity index is 1480. The highest BCUT2D eigenvalue weighted by Crippen LogP contribution is 2.39. The molecule has 0 saturated carbocycles. The number of hydrogen-bond donors (Lipinski definition) is 0. The quantitative estimate of drug-likeness (QED) is 0.458. The van der Waals surface area contributed by atoms with Crippen molar-refractivity contribution >= 4 is 10.9 Å². The van der Waals surface area contributed by atoms with Gasteiger partial charge in [0.1, 0.15) is 23.0 Å². The van der Waals surface area contributed by atoms with Crippen molar-refractivity contribution < 1.29 is 13.5 Å². The lowest BCUT2D eigenvalue weighted by Gasteiger charge is -2.29. The molecule has 0 bridgehead atoms. The van der Waals surface area contributed by atoms with Crippen LogP contribution in [-0.4, -0.2) is 30.9 Å². The van der Waals surface area contributed by atoms with Crippen molar-refractivity contribution in [1.82, 2.24) is 24.3 Å². The smallest absolute Gasteiger partial charge is 0.261 e. The van der Waals surface area contributed by atoms with Gasteiger partial charge >= 0.3 is 0 Å². The van der Waals surface area contributed by atoms with Crippen LogP contribution < -0.4 is 5.56 Å². The first-order valence-electron chi connectivity index (χ1n) is 11.5. The molecule has 1 fully saturated rings. The maximum Gasteiger partial charge on any atom is 0.261 e. The first-order valence-corrected chi connectivity index (χ1v) is 11.5. The van der Waals surface area contributed by atoms with E-state index >= 15 is 0 Å². The third-order valence-corrected chi connectivity index (χ3v) is 6.81. The highest BCUT2D eigenvalue weighted by molar-refractivity contribution is 5.91. The zero-order chi connectivity index (χ0) is 23.4. The molecule has 7 nitrogen and oxygen atoms in total. The topological polar surface area (TPSA) is 74.8 Å². The van der Waals surface area contributed by atoms with Crippen molar-refractivity contribution in [2.75, 3.05) is 6.61 Å². The fourth-order valence-electron chi connectivity index (χ4n) is 5.09. The summed E-state index contributed by atoms with van der Waals surface area (Å²) in [4.78, 5) is 22.9. The standard InChI is InChI=1S/C25H23F2N5O2/c1-31-13-15(12-28-31)21-9-14(6-8-34-21)20-11-18-24(30-22-3-2-7-32(22)25(18)33)23(29-20)17-5-4-16(26)10-19(17)27/h4-5,10-14,21H,2-3,6-9H2,1H3. The van der Waals surface area contributed by atoms with Crippen LogP contribution in [0.3, 0.4) is 0 Å². The van der Waals surface area contributed by atoms with Gasteiger partial charge in [-0.1, -0.05) is 0 Å². The SMILES string of the molecule is Cn1cc(C2CC(c3cc4c(=O)n5c(nc4c(-c4ccc(F)cc4F)n3)CCC5)CCO2)cn1. The molecule has 0 radical (unpaired) electrons. The van der Waals surface area contributed by atoms with Crippen molar-refractivity contribution in [3.8, 4) is 11.3 Å². The summed E-state index contributed by atoms with van der Waals surface area (Å²) in [5.41, 5.74) is 2.32. The molecular weight excluding hydrogens is 440 g/mol. The second kappa shape index (κ2) is 8.09. The van der Waals surface area contributed by atoms with Crippen molar-refractivity contribution in [1.29, 1.82) is 0 Å². The molecule has 2 aliphatic heterocycles. The number of benzene rings is 1. The predicted molar refractivity (Wildman–Crippen MR) is 121 cm³/mol. The monoisotopic (exact) mass is 463 g/mol. The Hall–Kier alpha value is -3.46. The Kier molecular flexibility index (Phi) is 5.02. The van der Waals surface area contributed by atoms with Gasteiger partial charge in [0.15, 0.2) is 0 Å². The second-order valence-electron chi connectivity index (χ2n) is 9.03. The van der Waals surface area contributed by atoms with Crippen molar-refractivity contribution in [3.63, 3.8) is 0 Å². The van der Waals surface area contributed by atoms with Crippen LogP contribution in [0.2, 0.25) is 0 Å². The van der Waals surface area contributed by atoms with E-state index in [4.69, 9.17) is 14.7 Å². The molecule has 1 aromatic carbocycles. The van der Waals surface area contributed by atoms with E-state index in [1.165, 1.54) is 12.1 Å². The van der Waals surface area contributed by atoms with Crippen LogP contribution in [0.4, 0.5) is 8.78 Å². The third kappa shape index (κ3) is 3.51. The number of aryl methyl sites for hydroxylation is 2. The lowest BCUT2D eigenvalue weighted by molar-refractivity contribution is 0.00464. The Morgan fingerprint density at radius 2 is 2.06 bits per heavy atom. The number of ether oxygens (including phenoxy) is 1. The predicted octanol–water partition coefficient (Wildman–Crippen LogP) is 4.05. The molecule has 174 valence electrons. The average Bonchev–Trinajstić information content (AvgIpc) is 3.48. The van der Waals surface area contributed by atoms with Crippen LogP contribution in [0, 0.1) is 11.6 Å². The maximum atomic E-state index is 14.9. The molecule has 0 N–H and O–H groups in total. The first kappa shape index (κ1) is 21.1. The zero-order valence-corrected chi connectivity index (χ0v) is 18.7. The van der Waals surface area contributed by atoms with Crippen LogP contribution in [0.15, 0.2) is 41.5 Å². The molecule has 2 atom stereocenters. The van der Waals surface area contributed by atoms with E-state index in [9.17, 15) is 13.6 Å². The Morgan fingerprint density at radius 3 is 2.85 bits per heavy atom. The Morgan fingerprint density at radius 1 is 1.18 bits per heavy atom. The first-order chi connectivity index (χ1) is 16.5. The molecule has 1 saturated heterocycles. The van der Waals surface area contributed by atoms with E-state index < -0.39 is 11.6 Å². The average molecular weight is 463 g/mol. The number of nitrogens with zero attached hydrogens (tertiary/aromatic N) is 5. The van der Waals surface area contributed by atoms with Gasteiger partial charge in [-0.05, 0) is 37.5 Å². The minimum atomic E-state index is -0.728. The highest BCUT2D eigenvalue weighted by atomic mass is 19.1. The third-order valence-electron chi connectivity index (χ3n) is 6.81. The summed E-state index contributed by atoms with van der Waals surface area (Å²) >= 11 is 0. The number of fused-ring (bicyclic) bond motifs is 2. The molecule has 3 aromatic heterocycles. The molecule has 0 amide bonds. The fourth-order valence-corrected chi connectivity index (χ4v) is 5.09. The summed E-state index contributed by atoms with van der Waals surface area (Å²) in [5.74, 6) is -0.713. The van der Waals surface area contributed by atoms with E-state index in [1.807, 2.05) is 13.2 Å². The fraction of sp³-hybridized carbons (Fsp3) is 0.360. The maximum absolute atomic E-state index is 14.9. The van der Waals surface area contributed by atoms with Gasteiger partial charge in [-0.3, -0.25) is 19.0 Å². The van der Waals surface area contributed by atoms with E-state index in [0.29, 0.717) is 48.4 Å². The van der Waals surface area contributed by atoms with Crippen LogP contribution in [0.1, 0.15) is 48.4 Å². The molecule has 2 aliphatic rings. The molecule has 9 heteroatoms. The molecule has 2 unspecified atom stereocenters. The van der Waals surface area contributed by atoms with Gasteiger partial charge in [-0.15, -0.1) is 0 Å². The molecular formula is C25H23F2N5O2. The van der Waals surface area contributed by atoms with Crippen LogP contribution >= 0.6 is 0 Å². The minimum Gasteiger partial charge on any atom is -0.373 e. The number of pyridine rings is 1. The van der Waals surface area contributed by atoms with Gasteiger partial charge in [0.2, 0.25) is 0 Å². The minimum absolute atomic E-state index is 0.00303. The molecule has 5 heterocycles. The largest absolute Gasteiger partial charge is 0.373 e. The van der Waals surface area contributed by atoms with E-state index in [1.54, 1.807) is 21.5 Å². The zero-order valence-electron chi connectivity index (χ0n) is 18.7. The highest BCUT2D eigenvalue weighted by Gasteiger charge is 2.29. The van der Waals surface area contributed by atoms with E-state index in [-0.39, 0.29) is 28.8 Å². The van der Waals surface area contributed by atoms with Crippen LogP contribution in [-0.2, 0) is 24.8 Å². The number of hydrogen-bond acceptors (Lipinski definition) is 5. The van der Waals surface area contributed by atoms with Crippen molar-refractivity contribution in [2.45, 2.75) is 44.2 Å².